The number of benzene rings is 1. The minimum atomic E-state index is 0.312. The summed E-state index contributed by atoms with van der Waals surface area (Å²) >= 11 is 3.50. The number of fused-ring (bicyclic) bond motifs is 1. The highest BCUT2D eigenvalue weighted by Crippen LogP contribution is 2.42. The second-order valence-corrected chi connectivity index (χ2v) is 6.37. The summed E-state index contributed by atoms with van der Waals surface area (Å²) in [5.74, 6) is 1.16. The Hall–Kier alpha value is -0.870. The second kappa shape index (κ2) is 4.35. The molecule has 0 saturated heterocycles. The maximum Gasteiger partial charge on any atom is 0.110 e. The first-order valence-corrected chi connectivity index (χ1v) is 7.24. The average molecular weight is 308 g/mol. The summed E-state index contributed by atoms with van der Waals surface area (Å²) < 4.78 is 3.29. The van der Waals surface area contributed by atoms with Crippen molar-refractivity contribution in [3.05, 3.63) is 28.5 Å². The van der Waals surface area contributed by atoms with E-state index in [-0.39, 0.29) is 0 Å². The van der Waals surface area contributed by atoms with E-state index >= 15 is 0 Å². The van der Waals surface area contributed by atoms with Gasteiger partial charge in [0.1, 0.15) is 5.82 Å². The van der Waals surface area contributed by atoms with E-state index in [0.717, 1.165) is 28.8 Å². The molecule has 1 fully saturated rings. The van der Waals surface area contributed by atoms with Crippen LogP contribution in [0.1, 0.15) is 25.1 Å². The first-order valence-electron chi connectivity index (χ1n) is 6.44. The van der Waals surface area contributed by atoms with Crippen LogP contribution in [0, 0.1) is 5.41 Å². The lowest BCUT2D eigenvalue weighted by Gasteiger charge is -2.40. The van der Waals surface area contributed by atoms with Crippen LogP contribution in [0.2, 0.25) is 0 Å². The minimum absolute atomic E-state index is 0.312. The average Bonchev–Trinajstić information content (AvgIpc) is 2.60. The van der Waals surface area contributed by atoms with Crippen LogP contribution in [0.15, 0.2) is 22.7 Å². The Morgan fingerprint density at radius 1 is 1.44 bits per heavy atom. The second-order valence-electron chi connectivity index (χ2n) is 5.45. The number of imidazole rings is 1. The van der Waals surface area contributed by atoms with Crippen LogP contribution in [0.3, 0.4) is 0 Å². The summed E-state index contributed by atoms with van der Waals surface area (Å²) in [5, 5.41) is 0. The predicted octanol–water partition coefficient (Wildman–Crippen LogP) is 3.01. The van der Waals surface area contributed by atoms with Gasteiger partial charge in [0, 0.05) is 17.9 Å². The normalized spacial score (nSPS) is 17.9. The molecule has 3 rings (SSSR count). The molecule has 0 radical (unpaired) electrons. The molecule has 96 valence electrons. The molecule has 1 aliphatic rings. The van der Waals surface area contributed by atoms with Crippen molar-refractivity contribution in [2.45, 2.75) is 25.7 Å². The third kappa shape index (κ3) is 1.88. The fourth-order valence-electron chi connectivity index (χ4n) is 2.85. The quantitative estimate of drug-likeness (QED) is 0.947. The van der Waals surface area contributed by atoms with Gasteiger partial charge in [0.05, 0.1) is 11.0 Å². The Bertz CT molecular complexity index is 578. The molecular weight excluding hydrogens is 290 g/mol. The third-order valence-corrected chi connectivity index (χ3v) is 4.81. The lowest BCUT2D eigenvalue weighted by molar-refractivity contribution is 0.140. The number of hydrogen-bond acceptors (Lipinski definition) is 2. The summed E-state index contributed by atoms with van der Waals surface area (Å²) in [6.07, 6.45) is 4.81. The Balaban J connectivity index is 1.99. The monoisotopic (exact) mass is 307 g/mol. The van der Waals surface area contributed by atoms with E-state index in [0.29, 0.717) is 5.41 Å². The van der Waals surface area contributed by atoms with Crippen LogP contribution < -0.4 is 5.73 Å². The van der Waals surface area contributed by atoms with E-state index in [4.69, 9.17) is 10.7 Å². The number of aryl methyl sites for hydroxylation is 1. The zero-order chi connectivity index (χ0) is 12.8. The van der Waals surface area contributed by atoms with Crippen molar-refractivity contribution in [3.63, 3.8) is 0 Å². The van der Waals surface area contributed by atoms with Gasteiger partial charge in [0.25, 0.3) is 0 Å². The van der Waals surface area contributed by atoms with E-state index < -0.39 is 0 Å². The van der Waals surface area contributed by atoms with Gasteiger partial charge in [0.15, 0.2) is 0 Å². The smallest absolute Gasteiger partial charge is 0.110 e. The van der Waals surface area contributed by atoms with E-state index in [1.165, 1.54) is 24.8 Å². The number of halogens is 1. The van der Waals surface area contributed by atoms with Gasteiger partial charge in [-0.25, -0.2) is 4.98 Å². The summed E-state index contributed by atoms with van der Waals surface area (Å²) in [6, 6.07) is 6.26. The Morgan fingerprint density at radius 2 is 2.22 bits per heavy atom. The van der Waals surface area contributed by atoms with Crippen molar-refractivity contribution >= 4 is 27.0 Å². The van der Waals surface area contributed by atoms with Crippen LogP contribution in [0.4, 0.5) is 0 Å². The first kappa shape index (κ1) is 12.2. The highest BCUT2D eigenvalue weighted by atomic mass is 79.9. The van der Waals surface area contributed by atoms with Crippen molar-refractivity contribution in [1.82, 2.24) is 9.55 Å². The Morgan fingerprint density at radius 3 is 2.83 bits per heavy atom. The summed E-state index contributed by atoms with van der Waals surface area (Å²) in [4.78, 5) is 4.77. The summed E-state index contributed by atoms with van der Waals surface area (Å²) in [5.41, 5.74) is 8.51. The molecule has 0 aliphatic heterocycles. The number of hydrogen-bond donors (Lipinski definition) is 1. The molecule has 1 saturated carbocycles. The van der Waals surface area contributed by atoms with Crippen molar-refractivity contribution in [3.8, 4) is 0 Å². The van der Waals surface area contributed by atoms with E-state index in [1.807, 2.05) is 0 Å². The lowest BCUT2D eigenvalue weighted by Crippen LogP contribution is -2.39. The molecule has 1 aromatic heterocycles. The fourth-order valence-corrected chi connectivity index (χ4v) is 3.20. The molecule has 2 aromatic rings. The number of aromatic nitrogens is 2. The Kier molecular flexibility index (Phi) is 2.94. The first-order chi connectivity index (χ1) is 8.63. The van der Waals surface area contributed by atoms with Crippen LogP contribution in [0.25, 0.3) is 11.0 Å². The van der Waals surface area contributed by atoms with Crippen LogP contribution in [-0.2, 0) is 13.5 Å². The molecule has 1 heterocycles. The van der Waals surface area contributed by atoms with Gasteiger partial charge in [-0.3, -0.25) is 0 Å². The van der Waals surface area contributed by atoms with Gasteiger partial charge >= 0.3 is 0 Å². The largest absolute Gasteiger partial charge is 0.331 e. The summed E-state index contributed by atoms with van der Waals surface area (Å²) in [6.45, 7) is 0.778. The highest BCUT2D eigenvalue weighted by molar-refractivity contribution is 9.10. The van der Waals surface area contributed by atoms with Crippen LogP contribution in [0.5, 0.6) is 0 Å². The fraction of sp³-hybridized carbons (Fsp3) is 0.500. The molecule has 3 nitrogen and oxygen atoms in total. The number of rotatable bonds is 3. The molecule has 1 aromatic carbocycles. The van der Waals surface area contributed by atoms with Gasteiger partial charge in [-0.2, -0.15) is 0 Å². The molecule has 4 heteroatoms. The van der Waals surface area contributed by atoms with E-state index in [1.54, 1.807) is 0 Å². The zero-order valence-electron chi connectivity index (χ0n) is 10.6. The molecular formula is C14H18BrN3. The van der Waals surface area contributed by atoms with Gasteiger partial charge in [-0.05, 0) is 43.0 Å². The molecule has 1 aliphatic carbocycles. The number of nitrogens with two attached hydrogens (primary N) is 1. The van der Waals surface area contributed by atoms with E-state index in [2.05, 4.69) is 45.7 Å². The molecule has 0 spiro atoms. The van der Waals surface area contributed by atoms with Crippen LogP contribution in [-0.4, -0.2) is 16.1 Å². The maximum absolute atomic E-state index is 5.94. The Labute approximate surface area is 116 Å². The van der Waals surface area contributed by atoms with Crippen molar-refractivity contribution in [2.75, 3.05) is 6.54 Å². The lowest BCUT2D eigenvalue weighted by atomic mass is 9.66. The molecule has 0 atom stereocenters. The minimum Gasteiger partial charge on any atom is -0.331 e. The molecule has 0 unspecified atom stereocenters. The molecule has 0 bridgehead atoms. The zero-order valence-corrected chi connectivity index (χ0v) is 12.2. The SMILES string of the molecule is Cn1c(CC2(CN)CCC2)nc2cc(Br)ccc21. The van der Waals surface area contributed by atoms with Gasteiger partial charge in [0.2, 0.25) is 0 Å². The standard InChI is InChI=1S/C14H18BrN3/c1-18-12-4-3-10(15)7-11(12)17-13(18)8-14(9-16)5-2-6-14/h3-4,7H,2,5-6,8-9,16H2,1H3. The van der Waals surface area contributed by atoms with Crippen molar-refractivity contribution in [2.24, 2.45) is 18.2 Å². The molecule has 0 amide bonds. The summed E-state index contributed by atoms with van der Waals surface area (Å²) in [7, 11) is 2.10. The van der Waals surface area contributed by atoms with E-state index in [9.17, 15) is 0 Å². The van der Waals surface area contributed by atoms with Gasteiger partial charge < -0.3 is 10.3 Å². The predicted molar refractivity (Wildman–Crippen MR) is 77.5 cm³/mol. The van der Waals surface area contributed by atoms with Gasteiger partial charge in [-0.1, -0.05) is 22.4 Å². The number of nitrogens with zero attached hydrogens (tertiary/aromatic N) is 2. The topological polar surface area (TPSA) is 43.8 Å². The molecule has 2 N–H and O–H groups in total. The van der Waals surface area contributed by atoms with Crippen LogP contribution >= 0.6 is 15.9 Å². The third-order valence-electron chi connectivity index (χ3n) is 4.32. The van der Waals surface area contributed by atoms with Crippen molar-refractivity contribution < 1.29 is 0 Å². The highest BCUT2D eigenvalue weighted by Gasteiger charge is 2.36. The van der Waals surface area contributed by atoms with Gasteiger partial charge in [-0.15, -0.1) is 0 Å². The maximum atomic E-state index is 5.94. The molecule has 18 heavy (non-hydrogen) atoms. The van der Waals surface area contributed by atoms with Crippen molar-refractivity contribution in [1.29, 1.82) is 0 Å².